The zero-order valence-corrected chi connectivity index (χ0v) is 30.9. The molecule has 2 aliphatic rings. The van der Waals surface area contributed by atoms with Crippen LogP contribution in [0.1, 0.15) is 129 Å². The summed E-state index contributed by atoms with van der Waals surface area (Å²) >= 11 is 0. The number of aliphatic hydroxyl groups is 6. The number of carbonyl (C=O) groups is 3. The lowest BCUT2D eigenvalue weighted by Crippen LogP contribution is -2.35. The van der Waals surface area contributed by atoms with Crippen LogP contribution in [0.5, 0.6) is 0 Å². The largest absolute Gasteiger partial charge is 0.481 e. The van der Waals surface area contributed by atoms with Crippen LogP contribution in [0.15, 0.2) is 9.98 Å². The first kappa shape index (κ1) is 53.3. The standard InChI is InChI=1S/C15H22N2O2.C6H10O4.C6H14O2.C5H10O4.C4H10O2/c18-10-16-14-5-1-12(2-6-14)9-13-3-7-15(8-4-13)17-11-19;7-5(8)3-1-2-4-6(9)10;7-5-3-1-2-4-6-8;1-5(2-6,3-7)4(8)9;5-3-1-2-4-6/h12-15H,1-9H2;1-4H2,(H,7,8)(H,9,10);7-8H,1-6H2;6-7H,2-3H2,1H3,(H,8,9);5-6H,1-4H2. The number of unbranched alkanes of at least 4 members (excludes halogenated alkanes) is 5. The lowest BCUT2D eigenvalue weighted by molar-refractivity contribution is -0.153. The van der Waals surface area contributed by atoms with Crippen LogP contribution in [-0.2, 0) is 24.0 Å². The van der Waals surface area contributed by atoms with Crippen LogP contribution in [0.3, 0.4) is 0 Å². The molecule has 16 nitrogen and oxygen atoms in total. The van der Waals surface area contributed by atoms with Gasteiger partial charge in [-0.2, -0.15) is 0 Å². The minimum Gasteiger partial charge on any atom is -0.481 e. The first-order valence-electron chi connectivity index (χ1n) is 18.3. The SMILES string of the molecule is CC(CO)(CO)C(=O)O.O=C(O)CCCCC(=O)O.O=C=NC1CCC(CC2CCC(N=C=O)CC2)CC1.OCCCCCCO.OCCCCO. The minimum absolute atomic E-state index is 0.0628. The second-order valence-corrected chi connectivity index (χ2v) is 13.2. The molecule has 0 heterocycles. The number of aliphatic imine (C=N–C) groups is 2. The zero-order valence-electron chi connectivity index (χ0n) is 30.9. The lowest BCUT2D eigenvalue weighted by atomic mass is 9.76. The van der Waals surface area contributed by atoms with Crippen LogP contribution in [0.4, 0.5) is 0 Å². The van der Waals surface area contributed by atoms with Crippen LogP contribution in [0, 0.1) is 17.3 Å². The molecule has 0 bridgehead atoms. The number of hydrogen-bond acceptors (Lipinski definition) is 13. The third-order valence-corrected chi connectivity index (χ3v) is 8.65. The summed E-state index contributed by atoms with van der Waals surface area (Å²) in [5.74, 6) is -1.33. The Balaban J connectivity index is -0.000000624. The van der Waals surface area contributed by atoms with Crippen molar-refractivity contribution in [1.82, 2.24) is 0 Å². The Morgan fingerprint density at radius 2 is 0.846 bits per heavy atom. The van der Waals surface area contributed by atoms with Gasteiger partial charge in [-0.25, -0.2) is 19.6 Å². The first-order chi connectivity index (χ1) is 24.8. The summed E-state index contributed by atoms with van der Waals surface area (Å²) in [7, 11) is 0. The lowest BCUT2D eigenvalue weighted by Gasteiger charge is -2.31. The number of carboxylic acids is 3. The second kappa shape index (κ2) is 37.7. The van der Waals surface area contributed by atoms with Crippen molar-refractivity contribution in [2.75, 3.05) is 39.6 Å². The van der Waals surface area contributed by atoms with Gasteiger partial charge in [0.2, 0.25) is 12.2 Å². The second-order valence-electron chi connectivity index (χ2n) is 13.2. The van der Waals surface area contributed by atoms with E-state index in [0.717, 1.165) is 76.0 Å². The fourth-order valence-corrected chi connectivity index (χ4v) is 5.18. The van der Waals surface area contributed by atoms with E-state index in [-0.39, 0.29) is 51.4 Å². The van der Waals surface area contributed by atoms with Gasteiger partial charge in [-0.1, -0.05) is 12.8 Å². The Hall–Kier alpha value is -3.07. The van der Waals surface area contributed by atoms with Gasteiger partial charge in [0.05, 0.1) is 25.3 Å². The number of carboxylic acid groups (broad SMARTS) is 3. The number of aliphatic carboxylic acids is 3. The third kappa shape index (κ3) is 34.0. The highest BCUT2D eigenvalue weighted by atomic mass is 16.4. The number of rotatable bonds is 20. The highest BCUT2D eigenvalue weighted by Crippen LogP contribution is 2.36. The molecule has 0 aromatic heterocycles. The van der Waals surface area contributed by atoms with Gasteiger partial charge >= 0.3 is 17.9 Å². The van der Waals surface area contributed by atoms with Crippen LogP contribution < -0.4 is 0 Å². The van der Waals surface area contributed by atoms with E-state index in [1.165, 1.54) is 39.0 Å². The Kier molecular flexibility index (Phi) is 38.6. The smallest absolute Gasteiger partial charge is 0.314 e. The van der Waals surface area contributed by atoms with Gasteiger partial charge in [-0.15, -0.1) is 0 Å². The average molecular weight is 751 g/mol. The summed E-state index contributed by atoms with van der Waals surface area (Å²) in [6.45, 7) is 1.14. The van der Waals surface area contributed by atoms with Gasteiger partial charge in [0.15, 0.2) is 0 Å². The molecule has 9 N–H and O–H groups in total. The molecule has 0 aromatic carbocycles. The number of aliphatic hydroxyl groups excluding tert-OH is 6. The summed E-state index contributed by atoms with van der Waals surface area (Å²) in [5, 5.41) is 74.2. The van der Waals surface area contributed by atoms with Crippen LogP contribution in [0.25, 0.3) is 0 Å². The third-order valence-electron chi connectivity index (χ3n) is 8.65. The van der Waals surface area contributed by atoms with Crippen LogP contribution >= 0.6 is 0 Å². The maximum atomic E-state index is 10.2. The molecule has 0 amide bonds. The Morgan fingerprint density at radius 1 is 0.538 bits per heavy atom. The van der Waals surface area contributed by atoms with Gasteiger partial charge < -0.3 is 46.0 Å². The van der Waals surface area contributed by atoms with E-state index in [9.17, 15) is 24.0 Å². The fourth-order valence-electron chi connectivity index (χ4n) is 5.18. The Labute approximate surface area is 307 Å². The van der Waals surface area contributed by atoms with E-state index in [1.54, 1.807) is 12.2 Å². The zero-order chi connectivity index (χ0) is 40.0. The fraction of sp³-hybridized carbons (Fsp3) is 0.861. The molecule has 2 rings (SSSR count). The molecule has 0 atom stereocenters. The van der Waals surface area contributed by atoms with E-state index in [4.69, 9.17) is 46.0 Å². The van der Waals surface area contributed by atoms with Crippen molar-refractivity contribution < 1.29 is 69.9 Å². The Morgan fingerprint density at radius 3 is 1.06 bits per heavy atom. The van der Waals surface area contributed by atoms with Gasteiger partial charge in [0.1, 0.15) is 5.41 Å². The minimum atomic E-state index is -1.39. The summed E-state index contributed by atoms with van der Waals surface area (Å²) in [6.07, 6.45) is 19.9. The van der Waals surface area contributed by atoms with Crippen molar-refractivity contribution in [3.05, 3.63) is 0 Å². The molecule has 2 saturated carbocycles. The molecule has 0 aliphatic heterocycles. The number of nitrogens with zero attached hydrogens (tertiary/aromatic N) is 2. The van der Waals surface area contributed by atoms with Crippen molar-refractivity contribution in [3.63, 3.8) is 0 Å². The summed E-state index contributed by atoms with van der Waals surface area (Å²) in [4.78, 5) is 58.1. The van der Waals surface area contributed by atoms with Crippen molar-refractivity contribution >= 4 is 30.1 Å². The highest BCUT2D eigenvalue weighted by Gasteiger charge is 2.31. The molecule has 0 spiro atoms. The molecule has 16 heteroatoms. The molecular formula is C36H66N2O14. The highest BCUT2D eigenvalue weighted by molar-refractivity contribution is 5.74. The monoisotopic (exact) mass is 750 g/mol. The van der Waals surface area contributed by atoms with Crippen LogP contribution in [0.2, 0.25) is 0 Å². The van der Waals surface area contributed by atoms with Crippen molar-refractivity contribution in [3.8, 4) is 0 Å². The van der Waals surface area contributed by atoms with E-state index < -0.39 is 36.5 Å². The molecule has 0 aromatic rings. The van der Waals surface area contributed by atoms with Crippen LogP contribution in [-0.4, -0.2) is 128 Å². The summed E-state index contributed by atoms with van der Waals surface area (Å²) in [6, 6.07) is 0.456. The Bertz CT molecular complexity index is 904. The summed E-state index contributed by atoms with van der Waals surface area (Å²) < 4.78 is 0. The molecule has 0 radical (unpaired) electrons. The van der Waals surface area contributed by atoms with Crippen molar-refractivity contribution in [2.24, 2.45) is 27.2 Å². The molecule has 0 saturated heterocycles. The molecule has 52 heavy (non-hydrogen) atoms. The van der Waals surface area contributed by atoms with Gasteiger partial charge in [0, 0.05) is 39.3 Å². The van der Waals surface area contributed by atoms with Crippen molar-refractivity contribution in [2.45, 2.75) is 141 Å². The van der Waals surface area contributed by atoms with E-state index in [1.807, 2.05) is 0 Å². The molecular weight excluding hydrogens is 684 g/mol. The maximum Gasteiger partial charge on any atom is 0.314 e. The topological polar surface area (TPSA) is 292 Å². The number of carbonyl (C=O) groups excluding carboxylic acids is 2. The normalized spacial score (nSPS) is 19.1. The molecule has 304 valence electrons. The maximum absolute atomic E-state index is 10.2. The van der Waals surface area contributed by atoms with Gasteiger partial charge in [0.25, 0.3) is 0 Å². The van der Waals surface area contributed by atoms with E-state index in [2.05, 4.69) is 9.98 Å². The summed E-state index contributed by atoms with van der Waals surface area (Å²) in [5.41, 5.74) is -1.39. The van der Waals surface area contributed by atoms with Crippen molar-refractivity contribution in [1.29, 1.82) is 0 Å². The quantitative estimate of drug-likeness (QED) is 0.0491. The van der Waals surface area contributed by atoms with E-state index >= 15 is 0 Å². The average Bonchev–Trinajstić information content (AvgIpc) is 3.13. The van der Waals surface area contributed by atoms with Gasteiger partial charge in [-0.3, -0.25) is 14.4 Å². The van der Waals surface area contributed by atoms with E-state index in [0.29, 0.717) is 12.8 Å². The molecule has 2 aliphatic carbocycles. The number of isocyanates is 2. The first-order valence-corrected chi connectivity index (χ1v) is 18.3. The van der Waals surface area contributed by atoms with Gasteiger partial charge in [-0.05, 0) is 115 Å². The number of hydrogen-bond donors (Lipinski definition) is 9. The molecule has 0 unspecified atom stereocenters. The predicted molar refractivity (Wildman–Crippen MR) is 192 cm³/mol. The molecule has 2 fully saturated rings. The predicted octanol–water partition coefficient (Wildman–Crippen LogP) is 3.23.